The zero-order chi connectivity index (χ0) is 23.7. The van der Waals surface area contributed by atoms with E-state index in [1.54, 1.807) is 0 Å². The van der Waals surface area contributed by atoms with E-state index < -0.39 is 42.2 Å². The number of amides is 3. The Morgan fingerprint density at radius 3 is 2.47 bits per heavy atom. The fourth-order valence-corrected chi connectivity index (χ4v) is 2.69. The molecule has 0 aliphatic heterocycles. The summed E-state index contributed by atoms with van der Waals surface area (Å²) in [5.41, 5.74) is 5.46. The third-order valence-corrected chi connectivity index (χ3v) is 4.33. The van der Waals surface area contributed by atoms with Crippen LogP contribution in [0.5, 0.6) is 0 Å². The van der Waals surface area contributed by atoms with Crippen molar-refractivity contribution >= 4 is 41.0 Å². The summed E-state index contributed by atoms with van der Waals surface area (Å²) < 4.78 is 18.0. The number of halogens is 2. The number of primary amides is 1. The van der Waals surface area contributed by atoms with E-state index in [0.29, 0.717) is 0 Å². The van der Waals surface area contributed by atoms with Gasteiger partial charge in [0.05, 0.1) is 11.3 Å². The molecular formula is C21H18ClFN4O5. The fourth-order valence-electron chi connectivity index (χ4n) is 2.52. The zero-order valence-corrected chi connectivity index (χ0v) is 17.3. The number of carbonyl (C=O) groups is 4. The number of nitrogens with one attached hydrogen (secondary N) is 2. The van der Waals surface area contributed by atoms with E-state index in [2.05, 4.69) is 10.6 Å². The van der Waals surface area contributed by atoms with Crippen LogP contribution in [0.3, 0.4) is 0 Å². The highest BCUT2D eigenvalue weighted by Crippen LogP contribution is 2.20. The second kappa shape index (κ2) is 11.4. The molecule has 0 unspecified atom stereocenters. The van der Waals surface area contributed by atoms with Crippen molar-refractivity contribution in [3.05, 3.63) is 64.4 Å². The number of benzene rings is 2. The van der Waals surface area contributed by atoms with Crippen LogP contribution in [0.4, 0.5) is 10.1 Å². The van der Waals surface area contributed by atoms with Gasteiger partial charge in [0.15, 0.2) is 6.61 Å². The van der Waals surface area contributed by atoms with E-state index >= 15 is 0 Å². The van der Waals surface area contributed by atoms with Crippen molar-refractivity contribution < 1.29 is 28.3 Å². The maximum Gasteiger partial charge on any atom is 0.329 e. The number of nitrogens with two attached hydrogens (primary N) is 1. The van der Waals surface area contributed by atoms with Gasteiger partial charge >= 0.3 is 5.97 Å². The highest BCUT2D eigenvalue weighted by Gasteiger charge is 2.24. The van der Waals surface area contributed by atoms with Crippen LogP contribution in [0, 0.1) is 17.1 Å². The number of nitriles is 1. The molecule has 0 saturated carbocycles. The van der Waals surface area contributed by atoms with Gasteiger partial charge in [-0.25, -0.2) is 9.18 Å². The number of carbonyl (C=O) groups excluding carboxylic acids is 4. The van der Waals surface area contributed by atoms with Crippen LogP contribution >= 0.6 is 11.6 Å². The standard InChI is InChI=1S/C21H18ClFN4O5/c22-14-4-1-13(10-24)17(9-14)26-19(29)11-32-21(31)16(7-8-18(25)28)27-20(30)12-2-5-15(23)6-3-12/h1-6,9,16H,7-8,11H2,(H2,25,28)(H,26,29)(H,27,30)/t16-/m0/s1. The van der Waals surface area contributed by atoms with Crippen LogP contribution in [-0.4, -0.2) is 36.3 Å². The van der Waals surface area contributed by atoms with Gasteiger partial charge in [0.2, 0.25) is 5.91 Å². The minimum Gasteiger partial charge on any atom is -0.454 e. The van der Waals surface area contributed by atoms with Crippen molar-refractivity contribution in [2.24, 2.45) is 5.73 Å². The summed E-state index contributed by atoms with van der Waals surface area (Å²) in [5, 5.41) is 14.1. The Labute approximate surface area is 187 Å². The molecule has 0 aliphatic rings. The lowest BCUT2D eigenvalue weighted by molar-refractivity contribution is -0.149. The summed E-state index contributed by atoms with van der Waals surface area (Å²) in [7, 11) is 0. The molecule has 166 valence electrons. The average Bonchev–Trinajstić information content (AvgIpc) is 2.75. The van der Waals surface area contributed by atoms with Crippen molar-refractivity contribution in [3.8, 4) is 6.07 Å². The van der Waals surface area contributed by atoms with Crippen molar-refractivity contribution in [2.75, 3.05) is 11.9 Å². The topological polar surface area (TPSA) is 151 Å². The van der Waals surface area contributed by atoms with E-state index in [4.69, 9.17) is 27.3 Å². The molecule has 0 saturated heterocycles. The van der Waals surface area contributed by atoms with Crippen LogP contribution in [0.1, 0.15) is 28.8 Å². The number of esters is 1. The molecule has 11 heteroatoms. The van der Waals surface area contributed by atoms with Gasteiger partial charge in [-0.05, 0) is 48.9 Å². The lowest BCUT2D eigenvalue weighted by atomic mass is 10.1. The predicted molar refractivity (Wildman–Crippen MR) is 112 cm³/mol. The van der Waals surface area contributed by atoms with Crippen molar-refractivity contribution in [1.82, 2.24) is 5.32 Å². The normalized spacial score (nSPS) is 11.0. The van der Waals surface area contributed by atoms with Gasteiger partial charge in [0.25, 0.3) is 11.8 Å². The Kier molecular flexibility index (Phi) is 8.68. The Morgan fingerprint density at radius 1 is 1.16 bits per heavy atom. The van der Waals surface area contributed by atoms with Crippen molar-refractivity contribution in [2.45, 2.75) is 18.9 Å². The highest BCUT2D eigenvalue weighted by atomic mass is 35.5. The lowest BCUT2D eigenvalue weighted by Crippen LogP contribution is -2.43. The first-order valence-corrected chi connectivity index (χ1v) is 9.58. The molecule has 0 aromatic heterocycles. The molecule has 2 aromatic carbocycles. The smallest absolute Gasteiger partial charge is 0.329 e. The summed E-state index contributed by atoms with van der Waals surface area (Å²) in [6.45, 7) is -0.726. The van der Waals surface area contributed by atoms with Gasteiger partial charge in [0.1, 0.15) is 17.9 Å². The molecule has 9 nitrogen and oxygen atoms in total. The minimum absolute atomic E-state index is 0.0750. The number of rotatable bonds is 9. The maximum atomic E-state index is 13.0. The first-order valence-electron chi connectivity index (χ1n) is 9.20. The molecule has 3 amide bonds. The summed E-state index contributed by atoms with van der Waals surface area (Å²) in [6.07, 6.45) is -0.403. The molecular weight excluding hydrogens is 443 g/mol. The number of ether oxygens (including phenoxy) is 1. The lowest BCUT2D eigenvalue weighted by Gasteiger charge is -2.17. The number of hydrogen-bond acceptors (Lipinski definition) is 6. The summed E-state index contributed by atoms with van der Waals surface area (Å²) >= 11 is 5.85. The van der Waals surface area contributed by atoms with Gasteiger partial charge in [-0.2, -0.15) is 5.26 Å². The SMILES string of the molecule is N#Cc1ccc(Cl)cc1NC(=O)COC(=O)[C@H](CCC(N)=O)NC(=O)c1ccc(F)cc1. The van der Waals surface area contributed by atoms with Crippen LogP contribution in [0.15, 0.2) is 42.5 Å². The molecule has 4 N–H and O–H groups in total. The fraction of sp³-hybridized carbons (Fsp3) is 0.190. The van der Waals surface area contributed by atoms with Crippen molar-refractivity contribution in [3.63, 3.8) is 0 Å². The van der Waals surface area contributed by atoms with Gasteiger partial charge in [-0.15, -0.1) is 0 Å². The molecule has 1 atom stereocenters. The van der Waals surface area contributed by atoms with Crippen LogP contribution in [-0.2, 0) is 19.1 Å². The van der Waals surface area contributed by atoms with Gasteiger partial charge < -0.3 is 21.1 Å². The number of nitrogens with zero attached hydrogens (tertiary/aromatic N) is 1. The predicted octanol–water partition coefficient (Wildman–Crippen LogP) is 1.90. The van der Waals surface area contributed by atoms with Crippen LogP contribution in [0.25, 0.3) is 0 Å². The molecule has 0 spiro atoms. The molecule has 0 radical (unpaired) electrons. The van der Waals surface area contributed by atoms with Crippen LogP contribution < -0.4 is 16.4 Å². The van der Waals surface area contributed by atoms with Gasteiger partial charge in [-0.3, -0.25) is 14.4 Å². The first kappa shape index (κ1) is 24.3. The van der Waals surface area contributed by atoms with E-state index in [1.165, 1.54) is 30.3 Å². The Bertz CT molecular complexity index is 1070. The van der Waals surface area contributed by atoms with Crippen LogP contribution in [0.2, 0.25) is 5.02 Å². The van der Waals surface area contributed by atoms with Crippen molar-refractivity contribution in [1.29, 1.82) is 5.26 Å². The number of anilines is 1. The van der Waals surface area contributed by atoms with E-state index in [0.717, 1.165) is 12.1 Å². The molecule has 0 bridgehead atoms. The second-order valence-electron chi connectivity index (χ2n) is 6.50. The minimum atomic E-state index is -1.28. The molecule has 32 heavy (non-hydrogen) atoms. The quantitative estimate of drug-likeness (QED) is 0.486. The first-order chi connectivity index (χ1) is 15.2. The molecule has 2 aromatic rings. The van der Waals surface area contributed by atoms with Gasteiger partial charge in [0, 0.05) is 17.0 Å². The summed E-state index contributed by atoms with van der Waals surface area (Å²) in [6, 6.07) is 9.42. The van der Waals surface area contributed by atoms with E-state index in [-0.39, 0.29) is 34.7 Å². The molecule has 0 fully saturated rings. The largest absolute Gasteiger partial charge is 0.454 e. The van der Waals surface area contributed by atoms with E-state index in [9.17, 15) is 23.6 Å². The third-order valence-electron chi connectivity index (χ3n) is 4.10. The van der Waals surface area contributed by atoms with E-state index in [1.807, 2.05) is 6.07 Å². The third kappa shape index (κ3) is 7.37. The highest BCUT2D eigenvalue weighted by molar-refractivity contribution is 6.31. The maximum absolute atomic E-state index is 13.0. The number of hydrogen-bond donors (Lipinski definition) is 3. The summed E-state index contributed by atoms with van der Waals surface area (Å²) in [5.74, 6) is -3.70. The Balaban J connectivity index is 2.01. The monoisotopic (exact) mass is 460 g/mol. The molecule has 2 rings (SSSR count). The zero-order valence-electron chi connectivity index (χ0n) is 16.6. The Morgan fingerprint density at radius 2 is 1.84 bits per heavy atom. The average molecular weight is 461 g/mol. The second-order valence-corrected chi connectivity index (χ2v) is 6.93. The van der Waals surface area contributed by atoms with Gasteiger partial charge in [-0.1, -0.05) is 11.6 Å². The summed E-state index contributed by atoms with van der Waals surface area (Å²) in [4.78, 5) is 47.9. The Hall–Kier alpha value is -3.97. The molecule has 0 heterocycles. The molecule has 0 aliphatic carbocycles.